The number of hydrogen-bond donors (Lipinski definition) is 1. The normalized spacial score (nSPS) is 38.4. The van der Waals surface area contributed by atoms with Gasteiger partial charge in [0.1, 0.15) is 0 Å². The SMILES string of the molecule is CC1CCC(C(C)C)C(C2(C3CC(C)CCC3C(C)C)CN(c3ccccc3)NC2=O)C1. The molecule has 3 fully saturated rings. The standard InChI is InChI=1S/C29H46N2O/c1-19(2)24-14-12-21(5)16-26(24)29(27-17-22(6)13-15-25(27)20(3)4)18-31(30-28(29)32)23-10-8-7-9-11-23/h7-11,19-22,24-27H,12-18H2,1-6H3,(H,30,32). The van der Waals surface area contributed by atoms with Crippen LogP contribution in [0.5, 0.6) is 0 Å². The Hall–Kier alpha value is -1.51. The summed E-state index contributed by atoms with van der Waals surface area (Å²) in [4.78, 5) is 14.3. The predicted molar refractivity (Wildman–Crippen MR) is 134 cm³/mol. The average Bonchev–Trinajstić information content (AvgIpc) is 3.11. The lowest BCUT2D eigenvalue weighted by Crippen LogP contribution is -2.55. The number of carbonyl (C=O) groups is 1. The second kappa shape index (κ2) is 9.39. The summed E-state index contributed by atoms with van der Waals surface area (Å²) in [6.45, 7) is 15.3. The molecule has 0 spiro atoms. The Morgan fingerprint density at radius 1 is 0.844 bits per heavy atom. The number of anilines is 1. The fourth-order valence-corrected chi connectivity index (χ4v) is 7.80. The first-order chi connectivity index (χ1) is 15.2. The third-order valence-corrected chi connectivity index (χ3v) is 9.51. The summed E-state index contributed by atoms with van der Waals surface area (Å²) >= 11 is 0. The van der Waals surface area contributed by atoms with Crippen LogP contribution in [0.2, 0.25) is 0 Å². The topological polar surface area (TPSA) is 32.3 Å². The predicted octanol–water partition coefficient (Wildman–Crippen LogP) is 6.94. The smallest absolute Gasteiger partial charge is 0.247 e. The molecule has 1 N–H and O–H groups in total. The number of nitrogens with one attached hydrogen (secondary N) is 1. The van der Waals surface area contributed by atoms with Crippen molar-refractivity contribution in [3.8, 4) is 0 Å². The van der Waals surface area contributed by atoms with Crippen molar-refractivity contribution in [1.82, 2.24) is 5.43 Å². The summed E-state index contributed by atoms with van der Waals surface area (Å²) < 4.78 is 0. The number of para-hydroxylation sites is 1. The van der Waals surface area contributed by atoms with Gasteiger partial charge in [0.25, 0.3) is 0 Å². The Balaban J connectivity index is 1.81. The van der Waals surface area contributed by atoms with Gasteiger partial charge in [0.05, 0.1) is 17.6 Å². The van der Waals surface area contributed by atoms with Gasteiger partial charge in [0.15, 0.2) is 0 Å². The van der Waals surface area contributed by atoms with E-state index in [1.54, 1.807) is 0 Å². The monoisotopic (exact) mass is 438 g/mol. The van der Waals surface area contributed by atoms with E-state index >= 15 is 0 Å². The van der Waals surface area contributed by atoms with Gasteiger partial charge >= 0.3 is 0 Å². The molecule has 6 atom stereocenters. The van der Waals surface area contributed by atoms with Crippen molar-refractivity contribution >= 4 is 11.6 Å². The van der Waals surface area contributed by atoms with Crippen molar-refractivity contribution in [3.63, 3.8) is 0 Å². The molecule has 3 nitrogen and oxygen atoms in total. The molecule has 2 saturated carbocycles. The van der Waals surface area contributed by atoms with E-state index in [0.29, 0.717) is 53.3 Å². The van der Waals surface area contributed by atoms with E-state index in [1.807, 2.05) is 0 Å². The lowest BCUT2D eigenvalue weighted by Gasteiger charge is -2.53. The molecule has 1 amide bonds. The zero-order valence-electron chi connectivity index (χ0n) is 21.3. The number of hydrogen-bond acceptors (Lipinski definition) is 2. The maximum absolute atomic E-state index is 14.3. The number of nitrogens with zero attached hydrogens (tertiary/aromatic N) is 1. The molecule has 1 aliphatic heterocycles. The van der Waals surface area contributed by atoms with E-state index in [1.165, 1.54) is 38.5 Å². The first-order valence-electron chi connectivity index (χ1n) is 13.4. The molecule has 1 aromatic rings. The first kappa shape index (κ1) is 23.6. The van der Waals surface area contributed by atoms with Gasteiger partial charge in [0, 0.05) is 0 Å². The Morgan fingerprint density at radius 2 is 1.34 bits per heavy atom. The zero-order chi connectivity index (χ0) is 23.0. The minimum Gasteiger partial charge on any atom is -0.284 e. The van der Waals surface area contributed by atoms with Crippen LogP contribution in [0.15, 0.2) is 30.3 Å². The van der Waals surface area contributed by atoms with Gasteiger partial charge in [-0.1, -0.05) is 72.6 Å². The van der Waals surface area contributed by atoms with Gasteiger partial charge in [-0.25, -0.2) is 0 Å². The minimum atomic E-state index is -0.289. The molecule has 1 aromatic carbocycles. The number of rotatable bonds is 5. The summed E-state index contributed by atoms with van der Waals surface area (Å²) in [6, 6.07) is 10.5. The van der Waals surface area contributed by atoms with Crippen LogP contribution in [0.25, 0.3) is 0 Å². The van der Waals surface area contributed by atoms with Crippen LogP contribution in [-0.4, -0.2) is 12.5 Å². The lowest BCUT2D eigenvalue weighted by molar-refractivity contribution is -0.143. The largest absolute Gasteiger partial charge is 0.284 e. The summed E-state index contributed by atoms with van der Waals surface area (Å²) in [7, 11) is 0. The molecule has 6 unspecified atom stereocenters. The molecule has 0 bridgehead atoms. The quantitative estimate of drug-likeness (QED) is 0.540. The number of amides is 1. The van der Waals surface area contributed by atoms with Gasteiger partial charge in [-0.2, -0.15) is 0 Å². The van der Waals surface area contributed by atoms with Crippen LogP contribution in [0.3, 0.4) is 0 Å². The van der Waals surface area contributed by atoms with E-state index in [4.69, 9.17) is 0 Å². The Morgan fingerprint density at radius 3 is 1.81 bits per heavy atom. The third-order valence-electron chi connectivity index (χ3n) is 9.51. The second-order valence-corrected chi connectivity index (χ2v) is 12.3. The van der Waals surface area contributed by atoms with Crippen molar-refractivity contribution in [2.24, 2.45) is 52.8 Å². The summed E-state index contributed by atoms with van der Waals surface area (Å²) in [5, 5.41) is 2.19. The van der Waals surface area contributed by atoms with Gasteiger partial charge < -0.3 is 0 Å². The van der Waals surface area contributed by atoms with Crippen LogP contribution >= 0.6 is 0 Å². The second-order valence-electron chi connectivity index (χ2n) is 12.3. The molecule has 1 saturated heterocycles. The molecule has 1 heterocycles. The van der Waals surface area contributed by atoms with Crippen LogP contribution in [0.4, 0.5) is 5.69 Å². The number of carbonyl (C=O) groups excluding carboxylic acids is 1. The summed E-state index contributed by atoms with van der Waals surface area (Å²) in [5.74, 6) is 5.20. The van der Waals surface area contributed by atoms with Gasteiger partial charge in [-0.15, -0.1) is 0 Å². The lowest BCUT2D eigenvalue weighted by atomic mass is 9.49. The molecule has 3 aliphatic rings. The highest BCUT2D eigenvalue weighted by molar-refractivity contribution is 5.89. The molecule has 178 valence electrons. The Kier molecular flexibility index (Phi) is 6.94. The van der Waals surface area contributed by atoms with E-state index in [-0.39, 0.29) is 5.41 Å². The first-order valence-corrected chi connectivity index (χ1v) is 13.4. The van der Waals surface area contributed by atoms with Gasteiger partial charge in [-0.05, 0) is 85.2 Å². The van der Waals surface area contributed by atoms with Crippen molar-refractivity contribution < 1.29 is 4.79 Å². The van der Waals surface area contributed by atoms with Crippen molar-refractivity contribution in [2.45, 2.75) is 80.1 Å². The molecular weight excluding hydrogens is 392 g/mol. The number of hydrazine groups is 1. The fraction of sp³-hybridized carbons (Fsp3) is 0.759. The molecule has 4 rings (SSSR count). The molecule has 0 aromatic heterocycles. The van der Waals surface area contributed by atoms with Crippen LogP contribution in [0, 0.1) is 52.8 Å². The van der Waals surface area contributed by atoms with Crippen LogP contribution < -0.4 is 10.4 Å². The molecule has 0 radical (unpaired) electrons. The van der Waals surface area contributed by atoms with Gasteiger partial charge in [-0.3, -0.25) is 15.2 Å². The average molecular weight is 439 g/mol. The maximum Gasteiger partial charge on any atom is 0.247 e. The molecular formula is C29H46N2O. The van der Waals surface area contributed by atoms with E-state index in [0.717, 1.165) is 12.2 Å². The van der Waals surface area contributed by atoms with Crippen molar-refractivity contribution in [3.05, 3.63) is 30.3 Å². The Labute approximate surface area is 196 Å². The highest BCUT2D eigenvalue weighted by Crippen LogP contribution is 2.58. The van der Waals surface area contributed by atoms with Gasteiger partial charge in [0.2, 0.25) is 5.91 Å². The molecule has 2 aliphatic carbocycles. The highest BCUT2D eigenvalue weighted by Gasteiger charge is 2.61. The van der Waals surface area contributed by atoms with Crippen LogP contribution in [-0.2, 0) is 4.79 Å². The molecule has 32 heavy (non-hydrogen) atoms. The maximum atomic E-state index is 14.3. The van der Waals surface area contributed by atoms with E-state index < -0.39 is 0 Å². The Bertz CT molecular complexity index is 741. The van der Waals surface area contributed by atoms with Crippen molar-refractivity contribution in [1.29, 1.82) is 0 Å². The van der Waals surface area contributed by atoms with E-state index in [9.17, 15) is 4.79 Å². The zero-order valence-corrected chi connectivity index (χ0v) is 21.3. The van der Waals surface area contributed by atoms with Crippen molar-refractivity contribution in [2.75, 3.05) is 11.6 Å². The number of benzene rings is 1. The summed E-state index contributed by atoms with van der Waals surface area (Å²) in [5.41, 5.74) is 4.23. The minimum absolute atomic E-state index is 0.289. The summed E-state index contributed by atoms with van der Waals surface area (Å²) in [6.07, 6.45) is 7.59. The molecule has 3 heteroatoms. The highest BCUT2D eigenvalue weighted by atomic mass is 16.2. The van der Waals surface area contributed by atoms with E-state index in [2.05, 4.69) is 82.3 Å². The van der Waals surface area contributed by atoms with Crippen LogP contribution in [0.1, 0.15) is 80.1 Å². The third kappa shape index (κ3) is 4.21. The fourth-order valence-electron chi connectivity index (χ4n) is 7.80.